The first-order valence-electron chi connectivity index (χ1n) is 11.0. The van der Waals surface area contributed by atoms with Gasteiger partial charge in [-0.25, -0.2) is 14.4 Å². The number of hydrazone groups is 1. The van der Waals surface area contributed by atoms with Crippen LogP contribution in [-0.2, 0) is 0 Å². The second-order valence-electron chi connectivity index (χ2n) is 8.06. The van der Waals surface area contributed by atoms with Crippen LogP contribution in [0.4, 0.5) is 15.2 Å². The Morgan fingerprint density at radius 3 is 2.53 bits per heavy atom. The van der Waals surface area contributed by atoms with Gasteiger partial charge in [0.1, 0.15) is 5.82 Å². The molecule has 1 aliphatic heterocycles. The third-order valence-electron chi connectivity index (χ3n) is 5.92. The molecule has 0 unspecified atom stereocenters. The topological polar surface area (TPSA) is 90.1 Å². The highest BCUT2D eigenvalue weighted by molar-refractivity contribution is 7.14. The highest BCUT2D eigenvalue weighted by atomic mass is 32.1. The maximum absolute atomic E-state index is 13.6. The summed E-state index contributed by atoms with van der Waals surface area (Å²) in [5.41, 5.74) is 3.81. The fourth-order valence-electron chi connectivity index (χ4n) is 4.10. The molecule has 4 aromatic rings. The first-order chi connectivity index (χ1) is 17.5. The Morgan fingerprint density at radius 2 is 1.81 bits per heavy atom. The predicted molar refractivity (Wildman–Crippen MR) is 137 cm³/mol. The van der Waals surface area contributed by atoms with Crippen LogP contribution in [0.3, 0.4) is 0 Å². The van der Waals surface area contributed by atoms with Gasteiger partial charge in [-0.3, -0.25) is 10.1 Å². The molecule has 0 fully saturated rings. The van der Waals surface area contributed by atoms with E-state index in [4.69, 9.17) is 19.6 Å². The Balaban J connectivity index is 1.53. The summed E-state index contributed by atoms with van der Waals surface area (Å²) in [6.07, 6.45) is 0.484. The summed E-state index contributed by atoms with van der Waals surface area (Å²) in [5.74, 6) is 0.896. The number of benzene rings is 3. The fourth-order valence-corrected chi connectivity index (χ4v) is 4.94. The normalized spacial score (nSPS) is 15.0. The minimum Gasteiger partial charge on any atom is -0.493 e. The van der Waals surface area contributed by atoms with Gasteiger partial charge in [-0.05, 0) is 35.9 Å². The molecule has 10 heteroatoms. The van der Waals surface area contributed by atoms with Crippen molar-refractivity contribution in [1.29, 1.82) is 0 Å². The van der Waals surface area contributed by atoms with Gasteiger partial charge >= 0.3 is 0 Å². The molecular weight excluding hydrogens is 483 g/mol. The zero-order valence-electron chi connectivity index (χ0n) is 19.4. The zero-order chi connectivity index (χ0) is 25.2. The number of methoxy groups -OCH3 is 2. The minimum atomic E-state index is -0.426. The zero-order valence-corrected chi connectivity index (χ0v) is 20.2. The quantitative estimate of drug-likeness (QED) is 0.219. The molecule has 0 spiro atoms. The Morgan fingerprint density at radius 1 is 1.03 bits per heavy atom. The molecule has 0 radical (unpaired) electrons. The maximum Gasteiger partial charge on any atom is 0.270 e. The van der Waals surface area contributed by atoms with Gasteiger partial charge in [0.15, 0.2) is 11.5 Å². The molecule has 1 aromatic heterocycles. The van der Waals surface area contributed by atoms with Crippen molar-refractivity contribution in [2.45, 2.75) is 12.5 Å². The SMILES string of the molecule is COc1ccc(-c2csc(N3N=C(c4cccc([N+](=O)[O-])c4)C[C@H]3c3ccc(F)cc3)n2)cc1OC. The lowest BCUT2D eigenvalue weighted by atomic mass is 9.98. The summed E-state index contributed by atoms with van der Waals surface area (Å²) in [6.45, 7) is 0. The van der Waals surface area contributed by atoms with Crippen LogP contribution in [0.15, 0.2) is 77.2 Å². The van der Waals surface area contributed by atoms with Gasteiger partial charge in [-0.1, -0.05) is 24.3 Å². The van der Waals surface area contributed by atoms with Crippen molar-refractivity contribution < 1.29 is 18.8 Å². The van der Waals surface area contributed by atoms with Crippen LogP contribution in [0.2, 0.25) is 0 Å². The van der Waals surface area contributed by atoms with Crippen LogP contribution in [0.1, 0.15) is 23.6 Å². The largest absolute Gasteiger partial charge is 0.493 e. The van der Waals surface area contributed by atoms with E-state index in [-0.39, 0.29) is 17.5 Å². The van der Waals surface area contributed by atoms with Crippen LogP contribution >= 0.6 is 11.3 Å². The Labute approximate surface area is 210 Å². The molecule has 1 atom stereocenters. The van der Waals surface area contributed by atoms with E-state index in [0.29, 0.717) is 34.3 Å². The van der Waals surface area contributed by atoms with Gasteiger partial charge in [0.2, 0.25) is 5.13 Å². The molecule has 3 aromatic carbocycles. The van der Waals surface area contributed by atoms with Crippen molar-refractivity contribution >= 4 is 27.9 Å². The van der Waals surface area contributed by atoms with Crippen molar-refractivity contribution in [2.75, 3.05) is 19.2 Å². The molecule has 0 amide bonds. The van der Waals surface area contributed by atoms with Crippen molar-refractivity contribution in [3.05, 3.63) is 99.2 Å². The van der Waals surface area contributed by atoms with E-state index in [1.165, 1.54) is 35.6 Å². The summed E-state index contributed by atoms with van der Waals surface area (Å²) >= 11 is 1.43. The highest BCUT2D eigenvalue weighted by Gasteiger charge is 2.32. The molecule has 2 heterocycles. The van der Waals surface area contributed by atoms with E-state index >= 15 is 0 Å². The van der Waals surface area contributed by atoms with E-state index in [9.17, 15) is 14.5 Å². The van der Waals surface area contributed by atoms with Crippen LogP contribution < -0.4 is 14.5 Å². The Bertz CT molecular complexity index is 1450. The monoisotopic (exact) mass is 504 g/mol. The Kier molecular flexibility index (Phi) is 6.34. The molecule has 0 bridgehead atoms. The van der Waals surface area contributed by atoms with E-state index in [1.807, 2.05) is 23.6 Å². The van der Waals surface area contributed by atoms with Crippen molar-refractivity contribution in [3.8, 4) is 22.8 Å². The molecule has 8 nitrogen and oxygen atoms in total. The maximum atomic E-state index is 13.6. The molecule has 0 saturated heterocycles. The average molecular weight is 505 g/mol. The summed E-state index contributed by atoms with van der Waals surface area (Å²) < 4.78 is 24.4. The van der Waals surface area contributed by atoms with Crippen LogP contribution in [0.5, 0.6) is 11.5 Å². The summed E-state index contributed by atoms with van der Waals surface area (Å²) in [4.78, 5) is 15.7. The molecular formula is C26H21FN4O4S. The number of anilines is 1. The number of halogens is 1. The lowest BCUT2D eigenvalue weighted by molar-refractivity contribution is -0.384. The van der Waals surface area contributed by atoms with Gasteiger partial charge in [-0.2, -0.15) is 5.10 Å². The molecule has 0 aliphatic carbocycles. The third kappa shape index (κ3) is 4.50. The lowest BCUT2D eigenvalue weighted by Crippen LogP contribution is -2.18. The molecule has 182 valence electrons. The predicted octanol–water partition coefficient (Wildman–Crippen LogP) is 6.23. The third-order valence-corrected chi connectivity index (χ3v) is 6.75. The van der Waals surface area contributed by atoms with Gasteiger partial charge in [0.05, 0.1) is 36.6 Å². The van der Waals surface area contributed by atoms with E-state index in [2.05, 4.69) is 0 Å². The molecule has 0 N–H and O–H groups in total. The van der Waals surface area contributed by atoms with Gasteiger partial charge in [0, 0.05) is 35.1 Å². The molecule has 36 heavy (non-hydrogen) atoms. The number of hydrogen-bond acceptors (Lipinski definition) is 8. The summed E-state index contributed by atoms with van der Waals surface area (Å²) in [5, 5.41) is 20.5. The first-order valence-corrected chi connectivity index (χ1v) is 11.9. The van der Waals surface area contributed by atoms with Crippen molar-refractivity contribution in [2.24, 2.45) is 5.10 Å². The van der Waals surface area contributed by atoms with Gasteiger partial charge < -0.3 is 9.47 Å². The number of hydrogen-bond donors (Lipinski definition) is 0. The minimum absolute atomic E-state index is 0.00281. The summed E-state index contributed by atoms with van der Waals surface area (Å²) in [7, 11) is 3.16. The number of thiazole rings is 1. The number of nitrogens with zero attached hydrogens (tertiary/aromatic N) is 4. The number of aromatic nitrogens is 1. The van der Waals surface area contributed by atoms with Crippen molar-refractivity contribution in [3.63, 3.8) is 0 Å². The van der Waals surface area contributed by atoms with Crippen LogP contribution in [-0.4, -0.2) is 29.8 Å². The second kappa shape index (κ2) is 9.74. The van der Waals surface area contributed by atoms with Crippen LogP contribution in [0.25, 0.3) is 11.3 Å². The standard InChI is InChI=1S/C26H21FN4O4S/c1-34-24-11-8-18(13-25(24)35-2)22-15-36-26(28-22)30-23(16-6-9-19(27)10-7-16)14-21(29-30)17-4-3-5-20(12-17)31(32)33/h3-13,15,23H,14H2,1-2H3/t23-/m0/s1. The first kappa shape index (κ1) is 23.4. The van der Waals surface area contributed by atoms with E-state index in [1.54, 1.807) is 43.5 Å². The number of non-ortho nitro benzene ring substituents is 1. The number of ether oxygens (including phenoxy) is 2. The van der Waals surface area contributed by atoms with E-state index in [0.717, 1.165) is 16.8 Å². The molecule has 1 aliphatic rings. The highest BCUT2D eigenvalue weighted by Crippen LogP contribution is 2.40. The fraction of sp³-hybridized carbons (Fsp3) is 0.154. The summed E-state index contributed by atoms with van der Waals surface area (Å²) in [6, 6.07) is 18.0. The van der Waals surface area contributed by atoms with Crippen LogP contribution in [0, 0.1) is 15.9 Å². The van der Waals surface area contributed by atoms with Crippen molar-refractivity contribution in [1.82, 2.24) is 4.98 Å². The number of rotatable bonds is 7. The van der Waals surface area contributed by atoms with Gasteiger partial charge in [-0.15, -0.1) is 11.3 Å². The Hall–Kier alpha value is -4.31. The number of nitro groups is 1. The second-order valence-corrected chi connectivity index (χ2v) is 8.89. The molecule has 5 rings (SSSR count). The number of nitro benzene ring substituents is 1. The average Bonchev–Trinajstić information content (AvgIpc) is 3.57. The van der Waals surface area contributed by atoms with Gasteiger partial charge in [0.25, 0.3) is 5.69 Å². The smallest absolute Gasteiger partial charge is 0.270 e. The molecule has 0 saturated carbocycles. The van der Waals surface area contributed by atoms with E-state index < -0.39 is 4.92 Å². The lowest BCUT2D eigenvalue weighted by Gasteiger charge is -2.21.